The number of Topliss-reactive ketones (excluding diaryl/α,β-unsaturated/α-hetero) is 1. The molecular weight excluding hydrogens is 230 g/mol. The summed E-state index contributed by atoms with van der Waals surface area (Å²) in [4.78, 5) is 12.6. The fraction of sp³-hybridized carbons (Fsp3) is 0.929. The third-order valence-electron chi connectivity index (χ3n) is 4.89. The Labute approximate surface area is 108 Å². The van der Waals surface area contributed by atoms with Crippen molar-refractivity contribution in [2.24, 2.45) is 17.6 Å². The Morgan fingerprint density at radius 3 is 2.72 bits per heavy atom. The molecule has 2 heterocycles. The monoisotopic (exact) mass is 253 g/mol. The van der Waals surface area contributed by atoms with Gasteiger partial charge in [-0.3, -0.25) is 4.79 Å². The Morgan fingerprint density at radius 1 is 1.33 bits per heavy atom. The second kappa shape index (κ2) is 4.29. The normalized spacial score (nSPS) is 39.8. The van der Waals surface area contributed by atoms with E-state index in [1.165, 1.54) is 0 Å². The number of ether oxygens (including phenoxy) is 2. The predicted octanol–water partition coefficient (Wildman–Crippen LogP) is 1.27. The minimum absolute atomic E-state index is 0.0658. The third kappa shape index (κ3) is 2.10. The largest absolute Gasteiger partial charge is 0.378 e. The maximum absolute atomic E-state index is 12.6. The number of nitrogens with two attached hydrogens (primary N) is 1. The Balaban J connectivity index is 1.70. The molecule has 3 fully saturated rings. The molecule has 0 amide bonds. The van der Waals surface area contributed by atoms with Crippen LogP contribution in [0.4, 0.5) is 0 Å². The highest BCUT2D eigenvalue weighted by molar-refractivity contribution is 5.90. The third-order valence-corrected chi connectivity index (χ3v) is 4.89. The van der Waals surface area contributed by atoms with Gasteiger partial charge in [0.05, 0.1) is 17.7 Å². The van der Waals surface area contributed by atoms with Crippen LogP contribution in [0.1, 0.15) is 39.0 Å². The van der Waals surface area contributed by atoms with Gasteiger partial charge in [0, 0.05) is 25.6 Å². The van der Waals surface area contributed by atoms with E-state index in [0.29, 0.717) is 19.1 Å². The van der Waals surface area contributed by atoms with Crippen LogP contribution < -0.4 is 5.73 Å². The number of hydrogen-bond donors (Lipinski definition) is 1. The zero-order valence-corrected chi connectivity index (χ0v) is 11.1. The molecule has 4 heteroatoms. The fourth-order valence-corrected chi connectivity index (χ4v) is 3.44. The average Bonchev–Trinajstić information content (AvgIpc) is 3.13. The summed E-state index contributed by atoms with van der Waals surface area (Å²) in [5.41, 5.74) is 5.44. The summed E-state index contributed by atoms with van der Waals surface area (Å²) in [7, 11) is 0. The first-order valence-corrected chi connectivity index (χ1v) is 7.08. The number of hydrogen-bond acceptors (Lipinski definition) is 4. The molecule has 0 aromatic rings. The van der Waals surface area contributed by atoms with E-state index in [9.17, 15) is 4.79 Å². The molecule has 3 aliphatic rings. The lowest BCUT2D eigenvalue weighted by atomic mass is 9.76. The molecule has 0 aromatic heterocycles. The van der Waals surface area contributed by atoms with Gasteiger partial charge in [0.15, 0.2) is 5.78 Å². The van der Waals surface area contributed by atoms with E-state index in [0.717, 1.165) is 38.7 Å². The van der Waals surface area contributed by atoms with Crippen LogP contribution in [0, 0.1) is 11.8 Å². The average molecular weight is 253 g/mol. The van der Waals surface area contributed by atoms with Crippen molar-refractivity contribution in [1.29, 1.82) is 0 Å². The van der Waals surface area contributed by atoms with Crippen LogP contribution in [0.2, 0.25) is 0 Å². The zero-order valence-electron chi connectivity index (χ0n) is 11.1. The smallest absolute Gasteiger partial charge is 0.155 e. The van der Waals surface area contributed by atoms with Crippen molar-refractivity contribution in [2.75, 3.05) is 19.8 Å². The van der Waals surface area contributed by atoms with Gasteiger partial charge in [0.2, 0.25) is 0 Å². The molecule has 3 atom stereocenters. The first-order valence-electron chi connectivity index (χ1n) is 7.08. The minimum Gasteiger partial charge on any atom is -0.378 e. The van der Waals surface area contributed by atoms with Crippen LogP contribution in [0.5, 0.6) is 0 Å². The predicted molar refractivity (Wildman–Crippen MR) is 67.2 cm³/mol. The Kier molecular flexibility index (Phi) is 3.00. The van der Waals surface area contributed by atoms with Gasteiger partial charge in [-0.1, -0.05) is 0 Å². The van der Waals surface area contributed by atoms with Crippen LogP contribution in [0.25, 0.3) is 0 Å². The van der Waals surface area contributed by atoms with E-state index in [-0.39, 0.29) is 17.3 Å². The van der Waals surface area contributed by atoms with Crippen molar-refractivity contribution in [3.63, 3.8) is 0 Å². The number of carbonyl (C=O) groups is 1. The second-order valence-electron chi connectivity index (χ2n) is 6.44. The Bertz CT molecular complexity index is 343. The summed E-state index contributed by atoms with van der Waals surface area (Å²) in [5.74, 6) is 0.722. The second-order valence-corrected chi connectivity index (χ2v) is 6.44. The van der Waals surface area contributed by atoms with Gasteiger partial charge in [-0.2, -0.15) is 0 Å². The van der Waals surface area contributed by atoms with Crippen molar-refractivity contribution in [3.05, 3.63) is 0 Å². The minimum atomic E-state index is -0.622. The van der Waals surface area contributed by atoms with Crippen molar-refractivity contribution < 1.29 is 14.3 Å². The molecule has 102 valence electrons. The molecule has 1 spiro atoms. The van der Waals surface area contributed by atoms with Crippen LogP contribution in [-0.4, -0.2) is 36.7 Å². The van der Waals surface area contributed by atoms with Crippen molar-refractivity contribution in [1.82, 2.24) is 0 Å². The molecule has 3 rings (SSSR count). The van der Waals surface area contributed by atoms with Gasteiger partial charge in [0.1, 0.15) is 0 Å². The van der Waals surface area contributed by atoms with E-state index < -0.39 is 5.54 Å². The first-order chi connectivity index (χ1) is 8.54. The quantitative estimate of drug-likeness (QED) is 0.822. The summed E-state index contributed by atoms with van der Waals surface area (Å²) in [6.07, 6.45) is 4.75. The molecule has 0 radical (unpaired) electrons. The summed E-state index contributed by atoms with van der Waals surface area (Å²) < 4.78 is 11.3. The van der Waals surface area contributed by atoms with E-state index >= 15 is 0 Å². The standard InChI is InChI=1S/C14H23NO3/c1-13(15,11-2-3-11)12(16)10-4-6-18-14(8-10)5-7-17-9-14/h10-11H,2-9,15H2,1H3. The lowest BCUT2D eigenvalue weighted by Gasteiger charge is -2.39. The van der Waals surface area contributed by atoms with Gasteiger partial charge in [-0.05, 0) is 38.5 Å². The maximum Gasteiger partial charge on any atom is 0.155 e. The summed E-state index contributed by atoms with van der Waals surface area (Å²) >= 11 is 0. The van der Waals surface area contributed by atoms with Crippen LogP contribution in [0.3, 0.4) is 0 Å². The van der Waals surface area contributed by atoms with Gasteiger partial charge >= 0.3 is 0 Å². The molecule has 0 bridgehead atoms. The van der Waals surface area contributed by atoms with Crippen LogP contribution >= 0.6 is 0 Å². The molecule has 4 nitrogen and oxygen atoms in total. The first kappa shape index (κ1) is 12.6. The van der Waals surface area contributed by atoms with Crippen LogP contribution in [-0.2, 0) is 14.3 Å². The molecule has 18 heavy (non-hydrogen) atoms. The fourth-order valence-electron chi connectivity index (χ4n) is 3.44. The van der Waals surface area contributed by atoms with Crippen molar-refractivity contribution >= 4 is 5.78 Å². The molecular formula is C14H23NO3. The highest BCUT2D eigenvalue weighted by atomic mass is 16.6. The summed E-state index contributed by atoms with van der Waals surface area (Å²) in [5, 5.41) is 0. The molecule has 1 aliphatic carbocycles. The lowest BCUT2D eigenvalue weighted by molar-refractivity contribution is -0.142. The van der Waals surface area contributed by atoms with Crippen molar-refractivity contribution in [3.8, 4) is 0 Å². The molecule has 3 unspecified atom stereocenters. The number of carbonyl (C=O) groups excluding carboxylic acids is 1. The highest BCUT2D eigenvalue weighted by Gasteiger charge is 2.50. The summed E-state index contributed by atoms with van der Waals surface area (Å²) in [6.45, 7) is 3.98. The number of ketones is 1. The van der Waals surface area contributed by atoms with Gasteiger partial charge in [-0.25, -0.2) is 0 Å². The summed E-state index contributed by atoms with van der Waals surface area (Å²) in [6, 6.07) is 0. The van der Waals surface area contributed by atoms with E-state index in [1.807, 2.05) is 6.92 Å². The Hall–Kier alpha value is -0.450. The zero-order chi connectivity index (χ0) is 12.8. The van der Waals surface area contributed by atoms with Crippen LogP contribution in [0.15, 0.2) is 0 Å². The van der Waals surface area contributed by atoms with E-state index in [1.54, 1.807) is 0 Å². The molecule has 2 saturated heterocycles. The van der Waals surface area contributed by atoms with Gasteiger partial charge in [-0.15, -0.1) is 0 Å². The molecule has 0 aromatic carbocycles. The van der Waals surface area contributed by atoms with E-state index in [4.69, 9.17) is 15.2 Å². The van der Waals surface area contributed by atoms with Gasteiger partial charge in [0.25, 0.3) is 0 Å². The molecule has 2 aliphatic heterocycles. The highest BCUT2D eigenvalue weighted by Crippen LogP contribution is 2.43. The maximum atomic E-state index is 12.6. The van der Waals surface area contributed by atoms with Gasteiger partial charge < -0.3 is 15.2 Å². The van der Waals surface area contributed by atoms with Crippen molar-refractivity contribution in [2.45, 2.75) is 50.2 Å². The Morgan fingerprint density at radius 2 is 2.11 bits per heavy atom. The van der Waals surface area contributed by atoms with E-state index in [2.05, 4.69) is 0 Å². The molecule has 1 saturated carbocycles. The molecule has 2 N–H and O–H groups in total. The SMILES string of the molecule is CC(N)(C(=O)C1CCOC2(CCOC2)C1)C1CC1. The lowest BCUT2D eigenvalue weighted by Crippen LogP contribution is -2.53. The topological polar surface area (TPSA) is 61.6 Å². The number of rotatable bonds is 3.